The van der Waals surface area contributed by atoms with E-state index in [2.05, 4.69) is 398 Å². The second kappa shape index (κ2) is 26.3. The fourth-order valence-corrected chi connectivity index (χ4v) is 17.8. The minimum atomic E-state index is -0.265. The molecule has 0 unspecified atom stereocenters. The number of aromatic nitrogens is 4. The first kappa shape index (κ1) is 69.9. The van der Waals surface area contributed by atoms with Crippen molar-refractivity contribution in [3.63, 3.8) is 0 Å². The minimum Gasteiger partial charge on any atom is -0.310 e. The zero-order chi connectivity index (χ0) is 76.9. The van der Waals surface area contributed by atoms with Gasteiger partial charge in [0, 0.05) is 114 Å². The Balaban J connectivity index is 0.967. The molecular weight excluding hydrogens is 1360 g/mol. The smallest absolute Gasteiger partial charge is 0.252 e. The molecule has 2 aliphatic heterocycles. The fraction of sp³-hybridized carbons (Fsp3) is 0.162. The summed E-state index contributed by atoms with van der Waals surface area (Å²) in [5.41, 5.74) is 36.5. The quantitative estimate of drug-likeness (QED) is 0.128. The second-order valence-corrected chi connectivity index (χ2v) is 35.2. The van der Waals surface area contributed by atoms with Crippen LogP contribution < -0.4 is 26.2 Å². The van der Waals surface area contributed by atoms with Gasteiger partial charge >= 0.3 is 0 Å². The van der Waals surface area contributed by atoms with Gasteiger partial charge in [-0.2, -0.15) is 0 Å². The highest BCUT2D eigenvalue weighted by Crippen LogP contribution is 2.56. The molecule has 4 aromatic heterocycles. The summed E-state index contributed by atoms with van der Waals surface area (Å²) in [5, 5.41) is 4.82. The SMILES string of the molecule is Cc1cc2c3c(c1)N(c1c(-c4ccccc4)cc(C(C)(C)C)cc1-c1ccccc1)c1cc(-n4c5ccc(C(C)(C)C)cc5c5cc(C(C)(C)C)ccc54)ccc1B3c1ccc(-n3c4ccc(-c5cccnc5)cc4c4cc(-c5cccnc5)ccc43)cc1N2c1c(-c2ccccc2)cc(C(C)(C)C)cc1-c1ccccc1. The van der Waals surface area contributed by atoms with Gasteiger partial charge < -0.3 is 18.9 Å². The molecule has 7 heteroatoms. The number of fused-ring (bicyclic) bond motifs is 10. The molecule has 0 fully saturated rings. The van der Waals surface area contributed by atoms with Crippen molar-refractivity contribution in [2.45, 2.75) is 112 Å². The van der Waals surface area contributed by atoms with Gasteiger partial charge in [0.05, 0.1) is 33.4 Å². The molecule has 13 aromatic carbocycles. The molecule has 0 spiro atoms. The maximum Gasteiger partial charge on any atom is 0.252 e. The van der Waals surface area contributed by atoms with Crippen LogP contribution in [0.5, 0.6) is 0 Å². The highest BCUT2D eigenvalue weighted by Gasteiger charge is 2.46. The minimum absolute atomic E-state index is 0.0655. The number of nitrogens with zero attached hydrogens (tertiary/aromatic N) is 6. The van der Waals surface area contributed by atoms with Crippen LogP contribution in [0.3, 0.4) is 0 Å². The molecule has 112 heavy (non-hydrogen) atoms. The fourth-order valence-electron chi connectivity index (χ4n) is 17.8. The molecule has 0 saturated heterocycles. The molecule has 2 aliphatic rings. The zero-order valence-electron chi connectivity index (χ0n) is 66.3. The lowest BCUT2D eigenvalue weighted by Gasteiger charge is -2.46. The number of rotatable bonds is 10. The summed E-state index contributed by atoms with van der Waals surface area (Å²) in [7, 11) is 0. The summed E-state index contributed by atoms with van der Waals surface area (Å²) in [6, 6.07) is 111. The molecule has 0 radical (unpaired) electrons. The number of hydrogen-bond donors (Lipinski definition) is 0. The van der Waals surface area contributed by atoms with Crippen LogP contribution in [0.2, 0.25) is 0 Å². The number of anilines is 6. The van der Waals surface area contributed by atoms with Crippen molar-refractivity contribution >= 4 is 101 Å². The van der Waals surface area contributed by atoms with Gasteiger partial charge in [0.15, 0.2) is 0 Å². The molecule has 0 N–H and O–H groups in total. The third-order valence-electron chi connectivity index (χ3n) is 23.7. The average molecular weight is 1450 g/mol. The van der Waals surface area contributed by atoms with Crippen molar-refractivity contribution in [1.29, 1.82) is 0 Å². The van der Waals surface area contributed by atoms with E-state index >= 15 is 0 Å². The van der Waals surface area contributed by atoms with Crippen LogP contribution in [0.25, 0.3) is 122 Å². The molecule has 0 amide bonds. The third-order valence-corrected chi connectivity index (χ3v) is 23.7. The van der Waals surface area contributed by atoms with E-state index in [0.717, 1.165) is 140 Å². The van der Waals surface area contributed by atoms with Crippen LogP contribution in [-0.2, 0) is 21.7 Å². The monoisotopic (exact) mass is 1450 g/mol. The van der Waals surface area contributed by atoms with Crippen molar-refractivity contribution in [1.82, 2.24) is 19.1 Å². The van der Waals surface area contributed by atoms with E-state index in [1.807, 2.05) is 36.9 Å². The van der Waals surface area contributed by atoms with Gasteiger partial charge in [-0.25, -0.2) is 0 Å². The van der Waals surface area contributed by atoms with Crippen molar-refractivity contribution in [2.75, 3.05) is 9.80 Å². The summed E-state index contributed by atoms with van der Waals surface area (Å²) in [6.45, 7) is 30.2. The number of aryl methyl sites for hydroxylation is 1. The predicted octanol–water partition coefficient (Wildman–Crippen LogP) is 26.3. The molecule has 0 aliphatic carbocycles. The van der Waals surface area contributed by atoms with E-state index < -0.39 is 0 Å². The van der Waals surface area contributed by atoms with E-state index in [4.69, 9.17) is 0 Å². The van der Waals surface area contributed by atoms with Gasteiger partial charge in [-0.1, -0.05) is 253 Å². The maximum absolute atomic E-state index is 4.61. The Morgan fingerprint density at radius 2 is 0.589 bits per heavy atom. The lowest BCUT2D eigenvalue weighted by molar-refractivity contribution is 0.590. The van der Waals surface area contributed by atoms with Crippen LogP contribution in [0.4, 0.5) is 34.1 Å². The van der Waals surface area contributed by atoms with E-state index in [9.17, 15) is 0 Å². The first-order valence-corrected chi connectivity index (χ1v) is 39.6. The molecule has 19 rings (SSSR count). The standard InChI is InChI=1S/C105H91BN6/c1-66-52-97-99-98(53-66)112(101-83(69-32-22-16-23-33-69)60-78(105(11,12)13)61-84(101)70-34-24-17-25-35-70)96-63-80(110-93-48-40-75(102(2,3)4)56-87(93)88-57-76(103(5,6)7)41-49-94(88)110)43-45-90(96)106(99)89-44-42-79(62-95(89)111(97)100-81(67-28-18-14-19-29-67)58-77(104(8,9)10)59-82(100)68-30-20-15-21-31-68)109-91-46-38-71(73-36-26-50-107-64-73)54-85(91)86-55-72(39-47-92(86)109)74-37-27-51-108-65-74/h14-65H,1-13H3. The zero-order valence-corrected chi connectivity index (χ0v) is 66.3. The first-order valence-electron chi connectivity index (χ1n) is 39.6. The van der Waals surface area contributed by atoms with E-state index in [-0.39, 0.29) is 28.4 Å². The molecule has 544 valence electrons. The van der Waals surface area contributed by atoms with Crippen LogP contribution >= 0.6 is 0 Å². The van der Waals surface area contributed by atoms with Gasteiger partial charge in [0.2, 0.25) is 0 Å². The number of benzene rings is 13. The molecule has 0 bridgehead atoms. The molecule has 0 atom stereocenters. The lowest BCUT2D eigenvalue weighted by atomic mass is 9.33. The molecule has 6 nitrogen and oxygen atoms in total. The van der Waals surface area contributed by atoms with Crippen molar-refractivity contribution in [3.8, 4) is 78.1 Å². The van der Waals surface area contributed by atoms with Gasteiger partial charge in [-0.15, -0.1) is 0 Å². The Labute approximate surface area is 659 Å². The van der Waals surface area contributed by atoms with E-state index in [0.29, 0.717) is 0 Å². The Bertz CT molecular complexity index is 6300. The Morgan fingerprint density at radius 1 is 0.268 bits per heavy atom. The molecule has 6 heterocycles. The highest BCUT2D eigenvalue weighted by atomic mass is 15.2. The van der Waals surface area contributed by atoms with Gasteiger partial charge in [0.1, 0.15) is 0 Å². The predicted molar refractivity (Wildman–Crippen MR) is 477 cm³/mol. The number of hydrogen-bond acceptors (Lipinski definition) is 4. The van der Waals surface area contributed by atoms with Gasteiger partial charge in [0.25, 0.3) is 6.71 Å². The second-order valence-electron chi connectivity index (χ2n) is 35.2. The highest BCUT2D eigenvalue weighted by molar-refractivity contribution is 7.00. The Morgan fingerprint density at radius 3 is 0.911 bits per heavy atom. The largest absolute Gasteiger partial charge is 0.310 e. The summed E-state index contributed by atoms with van der Waals surface area (Å²) in [4.78, 5) is 14.6. The maximum atomic E-state index is 4.61. The van der Waals surface area contributed by atoms with E-state index in [1.54, 1.807) is 0 Å². The lowest BCUT2D eigenvalue weighted by Crippen LogP contribution is -2.61. The summed E-state index contributed by atoms with van der Waals surface area (Å²) < 4.78 is 5.07. The topological polar surface area (TPSA) is 42.1 Å². The van der Waals surface area contributed by atoms with Gasteiger partial charge in [-0.05, 0) is 227 Å². The van der Waals surface area contributed by atoms with Crippen LogP contribution in [0.15, 0.2) is 316 Å². The number of pyridine rings is 2. The Hall–Kier alpha value is -12.6. The van der Waals surface area contributed by atoms with Crippen LogP contribution in [0, 0.1) is 6.92 Å². The normalized spacial score (nSPS) is 13.0. The summed E-state index contributed by atoms with van der Waals surface area (Å²) >= 11 is 0. The van der Waals surface area contributed by atoms with Crippen LogP contribution in [-0.4, -0.2) is 25.8 Å². The van der Waals surface area contributed by atoms with Crippen molar-refractivity contribution in [2.24, 2.45) is 0 Å². The summed E-state index contributed by atoms with van der Waals surface area (Å²) in [6.07, 6.45) is 7.64. The van der Waals surface area contributed by atoms with Crippen molar-refractivity contribution < 1.29 is 0 Å². The average Bonchev–Trinajstić information content (AvgIpc) is 0.811. The molecule has 17 aromatic rings. The van der Waals surface area contributed by atoms with Gasteiger partial charge in [-0.3, -0.25) is 9.97 Å². The van der Waals surface area contributed by atoms with Crippen LogP contribution in [0.1, 0.15) is 111 Å². The Kier molecular flexibility index (Phi) is 16.4. The summed E-state index contributed by atoms with van der Waals surface area (Å²) in [5.74, 6) is 0. The first-order chi connectivity index (χ1) is 54.0. The van der Waals surface area contributed by atoms with Crippen molar-refractivity contribution in [3.05, 3.63) is 344 Å². The molecular formula is C105H91BN6. The van der Waals surface area contributed by atoms with E-state index in [1.165, 1.54) is 60.4 Å². The molecule has 0 saturated carbocycles. The third kappa shape index (κ3) is 11.8.